The molecule has 0 bridgehead atoms. The Bertz CT molecular complexity index is 431. The molecule has 0 saturated heterocycles. The Labute approximate surface area is 115 Å². The second-order valence-corrected chi connectivity index (χ2v) is 4.90. The van der Waals surface area contributed by atoms with Crippen LogP contribution in [0.4, 0.5) is 5.69 Å². The highest BCUT2D eigenvalue weighted by Gasteiger charge is 2.10. The van der Waals surface area contributed by atoms with Crippen LogP contribution >= 0.6 is 12.2 Å². The van der Waals surface area contributed by atoms with Gasteiger partial charge in [-0.05, 0) is 33.5 Å². The summed E-state index contributed by atoms with van der Waals surface area (Å²) < 4.78 is 0. The highest BCUT2D eigenvalue weighted by atomic mass is 32.1. The Kier molecular flexibility index (Phi) is 5.50. The average Bonchev–Trinajstić information content (AvgIpc) is 2.27. The SMILES string of the molecule is CCN(C)CCNc1cc(C)nc(C)c1C(N)=S. The standard InChI is InChI=1S/C13H22N4S/c1-5-17(4)7-6-15-11-8-9(2)16-10(3)12(11)13(14)18/h8H,5-7H2,1-4H3,(H2,14,18)(H,15,16). The lowest BCUT2D eigenvalue weighted by molar-refractivity contribution is 0.367. The number of nitrogens with zero attached hydrogens (tertiary/aromatic N) is 2. The molecule has 5 heteroatoms. The van der Waals surface area contributed by atoms with Crippen LogP contribution in [0.25, 0.3) is 0 Å². The first-order chi connectivity index (χ1) is 8.45. The molecule has 1 rings (SSSR count). The number of aromatic nitrogens is 1. The van der Waals surface area contributed by atoms with Gasteiger partial charge >= 0.3 is 0 Å². The van der Waals surface area contributed by atoms with Crippen molar-refractivity contribution in [3.63, 3.8) is 0 Å². The molecule has 1 heterocycles. The molecule has 0 aliphatic heterocycles. The summed E-state index contributed by atoms with van der Waals surface area (Å²) in [7, 11) is 2.10. The van der Waals surface area contributed by atoms with Gasteiger partial charge in [-0.2, -0.15) is 0 Å². The Balaban J connectivity index is 2.83. The largest absolute Gasteiger partial charge is 0.389 e. The Hall–Kier alpha value is -1.20. The number of likely N-dealkylation sites (N-methyl/N-ethyl adjacent to an activating group) is 1. The highest BCUT2D eigenvalue weighted by molar-refractivity contribution is 7.80. The highest BCUT2D eigenvalue weighted by Crippen LogP contribution is 2.19. The Morgan fingerprint density at radius 3 is 2.72 bits per heavy atom. The maximum Gasteiger partial charge on any atom is 0.107 e. The zero-order chi connectivity index (χ0) is 13.7. The van der Waals surface area contributed by atoms with Gasteiger partial charge in [0, 0.05) is 30.2 Å². The van der Waals surface area contributed by atoms with Crippen LogP contribution in [0.3, 0.4) is 0 Å². The third-order valence-corrected chi connectivity index (χ3v) is 3.13. The van der Waals surface area contributed by atoms with Crippen LogP contribution in [-0.4, -0.2) is 41.6 Å². The summed E-state index contributed by atoms with van der Waals surface area (Å²) in [5.74, 6) is 0. The van der Waals surface area contributed by atoms with Crippen molar-refractivity contribution in [2.75, 3.05) is 32.0 Å². The maximum atomic E-state index is 5.76. The van der Waals surface area contributed by atoms with Crippen molar-refractivity contribution in [3.8, 4) is 0 Å². The first-order valence-electron chi connectivity index (χ1n) is 6.16. The summed E-state index contributed by atoms with van der Waals surface area (Å²) in [5, 5.41) is 3.39. The van der Waals surface area contributed by atoms with Crippen molar-refractivity contribution >= 4 is 22.9 Å². The number of hydrogen-bond donors (Lipinski definition) is 2. The smallest absolute Gasteiger partial charge is 0.107 e. The van der Waals surface area contributed by atoms with Gasteiger partial charge in [0.25, 0.3) is 0 Å². The average molecular weight is 266 g/mol. The van der Waals surface area contributed by atoms with Crippen LogP contribution in [0.2, 0.25) is 0 Å². The van der Waals surface area contributed by atoms with E-state index in [4.69, 9.17) is 18.0 Å². The van der Waals surface area contributed by atoms with E-state index in [9.17, 15) is 0 Å². The number of rotatable bonds is 6. The van der Waals surface area contributed by atoms with E-state index in [0.717, 1.165) is 42.3 Å². The molecule has 18 heavy (non-hydrogen) atoms. The third-order valence-electron chi connectivity index (χ3n) is 2.92. The predicted octanol–water partition coefficient (Wildman–Crippen LogP) is 1.70. The molecule has 0 fully saturated rings. The van der Waals surface area contributed by atoms with Crippen LogP contribution in [0.15, 0.2) is 6.07 Å². The van der Waals surface area contributed by atoms with E-state index < -0.39 is 0 Å². The maximum absolute atomic E-state index is 5.76. The molecule has 0 atom stereocenters. The molecule has 100 valence electrons. The predicted molar refractivity (Wildman–Crippen MR) is 81.3 cm³/mol. The normalized spacial score (nSPS) is 10.7. The molecule has 0 saturated carbocycles. The fourth-order valence-electron chi connectivity index (χ4n) is 1.82. The second-order valence-electron chi connectivity index (χ2n) is 4.46. The van der Waals surface area contributed by atoms with Gasteiger partial charge < -0.3 is 16.0 Å². The number of anilines is 1. The van der Waals surface area contributed by atoms with Crippen LogP contribution in [0.5, 0.6) is 0 Å². The van der Waals surface area contributed by atoms with E-state index in [0.29, 0.717) is 4.99 Å². The van der Waals surface area contributed by atoms with E-state index in [-0.39, 0.29) is 0 Å². The van der Waals surface area contributed by atoms with Gasteiger partial charge in [0.05, 0.1) is 5.56 Å². The van der Waals surface area contributed by atoms with Crippen molar-refractivity contribution in [2.24, 2.45) is 5.73 Å². The van der Waals surface area contributed by atoms with Crippen molar-refractivity contribution in [1.82, 2.24) is 9.88 Å². The number of nitrogens with one attached hydrogen (secondary N) is 1. The number of hydrogen-bond acceptors (Lipinski definition) is 4. The quantitative estimate of drug-likeness (QED) is 0.768. The van der Waals surface area contributed by atoms with E-state index in [2.05, 4.69) is 29.2 Å². The van der Waals surface area contributed by atoms with E-state index in [1.165, 1.54) is 0 Å². The number of aryl methyl sites for hydroxylation is 2. The van der Waals surface area contributed by atoms with Gasteiger partial charge in [0.1, 0.15) is 4.99 Å². The topological polar surface area (TPSA) is 54.2 Å². The third kappa shape index (κ3) is 3.92. The van der Waals surface area contributed by atoms with Crippen LogP contribution in [0.1, 0.15) is 23.9 Å². The number of thiocarbonyl (C=S) groups is 1. The van der Waals surface area contributed by atoms with Gasteiger partial charge in [-0.1, -0.05) is 19.1 Å². The van der Waals surface area contributed by atoms with Crippen molar-refractivity contribution in [2.45, 2.75) is 20.8 Å². The molecular formula is C13H22N4S. The molecule has 0 aliphatic rings. The minimum atomic E-state index is 0.395. The molecule has 0 aliphatic carbocycles. The summed E-state index contributed by atoms with van der Waals surface area (Å²) in [6, 6.07) is 1.99. The summed E-state index contributed by atoms with van der Waals surface area (Å²) in [6.45, 7) is 8.93. The molecule has 1 aromatic rings. The fourth-order valence-corrected chi connectivity index (χ4v) is 2.08. The lowest BCUT2D eigenvalue weighted by Gasteiger charge is -2.17. The Morgan fingerprint density at radius 2 is 2.17 bits per heavy atom. The lowest BCUT2D eigenvalue weighted by Crippen LogP contribution is -2.26. The minimum absolute atomic E-state index is 0.395. The van der Waals surface area contributed by atoms with Crippen molar-refractivity contribution in [1.29, 1.82) is 0 Å². The van der Waals surface area contributed by atoms with Crippen LogP contribution in [0, 0.1) is 13.8 Å². The Morgan fingerprint density at radius 1 is 1.50 bits per heavy atom. The van der Waals surface area contributed by atoms with Gasteiger partial charge in [-0.15, -0.1) is 0 Å². The lowest BCUT2D eigenvalue weighted by atomic mass is 10.1. The minimum Gasteiger partial charge on any atom is -0.389 e. The molecule has 0 amide bonds. The molecule has 3 N–H and O–H groups in total. The zero-order valence-electron chi connectivity index (χ0n) is 11.6. The van der Waals surface area contributed by atoms with Crippen molar-refractivity contribution < 1.29 is 0 Å². The molecule has 0 aromatic carbocycles. The second kappa shape index (κ2) is 6.66. The van der Waals surface area contributed by atoms with Crippen molar-refractivity contribution in [3.05, 3.63) is 23.0 Å². The summed E-state index contributed by atoms with van der Waals surface area (Å²) in [6.07, 6.45) is 0. The van der Waals surface area contributed by atoms with Crippen LogP contribution in [-0.2, 0) is 0 Å². The summed E-state index contributed by atoms with van der Waals surface area (Å²) in [5.41, 5.74) is 9.46. The van der Waals surface area contributed by atoms with E-state index in [1.807, 2.05) is 19.9 Å². The number of pyridine rings is 1. The van der Waals surface area contributed by atoms with Gasteiger partial charge in [-0.3, -0.25) is 4.98 Å². The van der Waals surface area contributed by atoms with Gasteiger partial charge in [0.2, 0.25) is 0 Å². The van der Waals surface area contributed by atoms with Gasteiger partial charge in [-0.25, -0.2) is 0 Å². The molecule has 4 nitrogen and oxygen atoms in total. The van der Waals surface area contributed by atoms with Gasteiger partial charge in [0.15, 0.2) is 0 Å². The molecule has 0 spiro atoms. The summed E-state index contributed by atoms with van der Waals surface area (Å²) >= 11 is 5.09. The molecule has 0 unspecified atom stereocenters. The van der Waals surface area contributed by atoms with Crippen LogP contribution < -0.4 is 11.1 Å². The first kappa shape index (κ1) is 14.9. The molecule has 0 radical (unpaired) electrons. The van der Waals surface area contributed by atoms with E-state index >= 15 is 0 Å². The van der Waals surface area contributed by atoms with E-state index in [1.54, 1.807) is 0 Å². The summed E-state index contributed by atoms with van der Waals surface area (Å²) in [4.78, 5) is 7.04. The molecule has 1 aromatic heterocycles. The first-order valence-corrected chi connectivity index (χ1v) is 6.57. The number of nitrogens with two attached hydrogens (primary N) is 1. The molecular weight excluding hydrogens is 244 g/mol. The fraction of sp³-hybridized carbons (Fsp3) is 0.538. The monoisotopic (exact) mass is 266 g/mol. The zero-order valence-corrected chi connectivity index (χ0v) is 12.4.